The van der Waals surface area contributed by atoms with Crippen molar-refractivity contribution >= 4 is 60.2 Å². The van der Waals surface area contributed by atoms with Crippen molar-refractivity contribution < 1.29 is 27.4 Å². The van der Waals surface area contributed by atoms with Gasteiger partial charge in [-0.25, -0.2) is 23.2 Å². The molecule has 5 rings (SSSR count). The fourth-order valence-electron chi connectivity index (χ4n) is 3.97. The van der Waals surface area contributed by atoms with Crippen LogP contribution in [0.25, 0.3) is 10.2 Å². The number of para-hydroxylation sites is 1. The molecular weight excluding hydrogens is 581 g/mol. The molecule has 4 N–H and O–H groups in total. The molecule has 0 aliphatic rings. The summed E-state index contributed by atoms with van der Waals surface area (Å²) in [5.74, 6) is -0.998. The lowest BCUT2D eigenvalue weighted by atomic mass is 10.2. The monoisotopic (exact) mass is 605 g/mol. The Labute approximate surface area is 244 Å². The second-order valence-electron chi connectivity index (χ2n) is 8.99. The van der Waals surface area contributed by atoms with Gasteiger partial charge in [-0.15, -0.1) is 0 Å². The van der Waals surface area contributed by atoms with Crippen molar-refractivity contribution in [1.29, 1.82) is 0 Å². The van der Waals surface area contributed by atoms with Crippen LogP contribution < -0.4 is 20.2 Å². The number of fused-ring (bicyclic) bond motifs is 1. The minimum Gasteiger partial charge on any atom is -0.508 e. The molecule has 4 aromatic carbocycles. The number of thiazole rings is 1. The fourth-order valence-corrected chi connectivity index (χ4v) is 6.18. The summed E-state index contributed by atoms with van der Waals surface area (Å²) in [5.41, 5.74) is 5.08. The van der Waals surface area contributed by atoms with Crippen molar-refractivity contribution in [1.82, 2.24) is 10.4 Å². The van der Waals surface area contributed by atoms with Crippen molar-refractivity contribution in [3.8, 4) is 11.5 Å². The maximum absolute atomic E-state index is 14.8. The number of hydrazone groups is 1. The number of sulfonamides is 1. The molecule has 0 fully saturated rings. The average Bonchev–Trinajstić information content (AvgIpc) is 3.38. The molecule has 0 saturated carbocycles. The van der Waals surface area contributed by atoms with Crippen LogP contribution >= 0.6 is 11.3 Å². The molecule has 0 atom stereocenters. The van der Waals surface area contributed by atoms with Gasteiger partial charge < -0.3 is 15.2 Å². The van der Waals surface area contributed by atoms with E-state index in [1.165, 1.54) is 49.7 Å². The van der Waals surface area contributed by atoms with E-state index >= 15 is 0 Å². The maximum Gasteiger partial charge on any atom is 0.275 e. The summed E-state index contributed by atoms with van der Waals surface area (Å²) in [7, 11) is -2.86. The zero-order valence-corrected chi connectivity index (χ0v) is 23.9. The number of aromatic hydroxyl groups is 1. The average molecular weight is 606 g/mol. The summed E-state index contributed by atoms with van der Waals surface area (Å²) in [6.07, 6.45) is 1.37. The molecule has 13 heteroatoms. The molecular formula is C29H24FN5O5S2. The zero-order chi connectivity index (χ0) is 29.9. The number of methoxy groups -OCH3 is 1. The van der Waals surface area contributed by atoms with Gasteiger partial charge in [0.2, 0.25) is 0 Å². The molecule has 0 aliphatic carbocycles. The number of aryl methyl sites for hydroxylation is 1. The number of ether oxygens (including phenoxy) is 1. The van der Waals surface area contributed by atoms with E-state index in [4.69, 9.17) is 4.74 Å². The molecule has 1 amide bonds. The second kappa shape index (κ2) is 11.8. The summed E-state index contributed by atoms with van der Waals surface area (Å²) >= 11 is 0.970. The Morgan fingerprint density at radius 1 is 1.07 bits per heavy atom. The Bertz CT molecular complexity index is 1930. The van der Waals surface area contributed by atoms with Crippen LogP contribution in [0.3, 0.4) is 0 Å². The molecule has 5 aromatic rings. The summed E-state index contributed by atoms with van der Waals surface area (Å²) in [5, 5.41) is 16.4. The first-order valence-electron chi connectivity index (χ1n) is 12.4. The van der Waals surface area contributed by atoms with Crippen molar-refractivity contribution in [2.75, 3.05) is 17.1 Å². The van der Waals surface area contributed by atoms with Crippen LogP contribution in [-0.4, -0.2) is 37.7 Å². The fraction of sp³-hybridized carbons (Fsp3) is 0.0690. The third-order valence-electron chi connectivity index (χ3n) is 6.13. The third kappa shape index (κ3) is 6.16. The first-order valence-corrected chi connectivity index (χ1v) is 14.7. The van der Waals surface area contributed by atoms with Gasteiger partial charge in [0.25, 0.3) is 15.9 Å². The zero-order valence-electron chi connectivity index (χ0n) is 22.3. The van der Waals surface area contributed by atoms with Crippen LogP contribution in [0.4, 0.5) is 20.9 Å². The molecule has 0 saturated heterocycles. The quantitative estimate of drug-likeness (QED) is 0.124. The number of aromatic nitrogens is 1. The summed E-state index contributed by atoms with van der Waals surface area (Å²) in [6, 6.07) is 20.1. The number of phenols is 1. The number of phenolic OH excluding ortho intramolecular Hbond substituents is 1. The lowest BCUT2D eigenvalue weighted by Crippen LogP contribution is -2.20. The third-order valence-corrected chi connectivity index (χ3v) is 8.60. The Hall–Kier alpha value is -5.01. The highest BCUT2D eigenvalue weighted by Crippen LogP contribution is 2.37. The maximum atomic E-state index is 14.8. The molecule has 0 bridgehead atoms. The summed E-state index contributed by atoms with van der Waals surface area (Å²) < 4.78 is 49.6. The number of nitrogens with zero attached hydrogens (tertiary/aromatic N) is 2. The van der Waals surface area contributed by atoms with Crippen LogP contribution in [0.5, 0.6) is 11.5 Å². The lowest BCUT2D eigenvalue weighted by Gasteiger charge is -2.11. The Morgan fingerprint density at radius 3 is 2.57 bits per heavy atom. The minimum absolute atomic E-state index is 0.0174. The number of rotatable bonds is 9. The summed E-state index contributed by atoms with van der Waals surface area (Å²) in [4.78, 5) is 17.0. The molecule has 214 valence electrons. The highest BCUT2D eigenvalue weighted by Gasteiger charge is 2.22. The van der Waals surface area contributed by atoms with Crippen LogP contribution in [0, 0.1) is 12.7 Å². The van der Waals surface area contributed by atoms with Gasteiger partial charge in [0.15, 0.2) is 5.13 Å². The van der Waals surface area contributed by atoms with Crippen LogP contribution in [0.2, 0.25) is 0 Å². The first kappa shape index (κ1) is 28.5. The molecule has 10 nitrogen and oxygen atoms in total. The molecule has 0 radical (unpaired) electrons. The normalized spacial score (nSPS) is 11.5. The van der Waals surface area contributed by atoms with Gasteiger partial charge in [-0.3, -0.25) is 9.52 Å². The number of anilines is 3. The number of amides is 1. The van der Waals surface area contributed by atoms with E-state index in [0.717, 1.165) is 23.0 Å². The van der Waals surface area contributed by atoms with Crippen molar-refractivity contribution in [2.45, 2.75) is 11.8 Å². The summed E-state index contributed by atoms with van der Waals surface area (Å²) in [6.45, 7) is 1.89. The predicted octanol–water partition coefficient (Wildman–Crippen LogP) is 5.77. The number of hydrogen-bond acceptors (Lipinski definition) is 9. The smallest absolute Gasteiger partial charge is 0.275 e. The van der Waals surface area contributed by atoms with E-state index in [2.05, 4.69) is 25.6 Å². The van der Waals surface area contributed by atoms with Crippen LogP contribution in [-0.2, 0) is 10.0 Å². The lowest BCUT2D eigenvalue weighted by molar-refractivity contribution is 0.0952. The van der Waals surface area contributed by atoms with Crippen LogP contribution in [0.1, 0.15) is 21.5 Å². The minimum atomic E-state index is -4.21. The highest BCUT2D eigenvalue weighted by atomic mass is 32.2. The van der Waals surface area contributed by atoms with Crippen LogP contribution in [0.15, 0.2) is 88.9 Å². The van der Waals surface area contributed by atoms with Crippen molar-refractivity contribution in [3.05, 3.63) is 101 Å². The predicted molar refractivity (Wildman–Crippen MR) is 161 cm³/mol. The van der Waals surface area contributed by atoms with E-state index < -0.39 is 21.7 Å². The van der Waals surface area contributed by atoms with E-state index in [9.17, 15) is 22.7 Å². The standard InChI is InChI=1S/C29H24FN5O5S2/c1-17-5-3-4-6-23(17)32-26-22(30)12-13-24-27(26)41-29(33-24)35-42(38,39)20-11-14-25(40-2)21(15-20)28(37)34-31-16-18-7-9-19(36)10-8-18/h3-16,32,36H,1-2H3,(H,33,35)(H,34,37)/b31-16+. The van der Waals surface area contributed by atoms with E-state index in [1.807, 2.05) is 31.2 Å². The van der Waals surface area contributed by atoms with Gasteiger partial charge in [-0.1, -0.05) is 29.5 Å². The molecule has 0 unspecified atom stereocenters. The Kier molecular flexibility index (Phi) is 8.04. The van der Waals surface area contributed by atoms with E-state index in [-0.39, 0.29) is 32.8 Å². The van der Waals surface area contributed by atoms with Gasteiger partial charge in [-0.05, 0) is 78.7 Å². The van der Waals surface area contributed by atoms with Gasteiger partial charge in [0.05, 0.1) is 39.7 Å². The topological polar surface area (TPSA) is 142 Å². The largest absolute Gasteiger partial charge is 0.508 e. The van der Waals surface area contributed by atoms with Gasteiger partial charge in [0.1, 0.15) is 17.3 Å². The number of carbonyl (C=O) groups is 1. The highest BCUT2D eigenvalue weighted by molar-refractivity contribution is 7.93. The molecule has 42 heavy (non-hydrogen) atoms. The van der Waals surface area contributed by atoms with Gasteiger partial charge in [0, 0.05) is 5.69 Å². The molecule has 1 aromatic heterocycles. The number of nitrogens with one attached hydrogen (secondary N) is 3. The Balaban J connectivity index is 1.39. The molecule has 0 aliphatic heterocycles. The SMILES string of the molecule is COc1ccc(S(=O)(=O)Nc2nc3ccc(F)c(Nc4ccccc4C)c3s2)cc1C(=O)N/N=C/c1ccc(O)cc1. The van der Waals surface area contributed by atoms with E-state index in [1.54, 1.807) is 12.1 Å². The van der Waals surface area contributed by atoms with Gasteiger partial charge >= 0.3 is 0 Å². The molecule has 0 spiro atoms. The number of halogens is 1. The number of carbonyl (C=O) groups excluding carboxylic acids is 1. The Morgan fingerprint density at radius 2 is 1.83 bits per heavy atom. The van der Waals surface area contributed by atoms with Crippen molar-refractivity contribution in [2.24, 2.45) is 5.10 Å². The van der Waals surface area contributed by atoms with E-state index in [0.29, 0.717) is 21.5 Å². The van der Waals surface area contributed by atoms with Crippen molar-refractivity contribution in [3.63, 3.8) is 0 Å². The second-order valence-corrected chi connectivity index (χ2v) is 11.7. The van der Waals surface area contributed by atoms with Gasteiger partial charge in [-0.2, -0.15) is 5.10 Å². The first-order chi connectivity index (χ1) is 20.1. The number of benzene rings is 4. The number of hydrogen-bond donors (Lipinski definition) is 4. The molecule has 1 heterocycles.